The van der Waals surface area contributed by atoms with Crippen LogP contribution in [0.1, 0.15) is 239 Å². The Balaban J connectivity index is 4.61. The van der Waals surface area contributed by atoms with Gasteiger partial charge < -0.3 is 14.2 Å². The molecule has 400 valence electrons. The molecule has 0 rings (SSSR count). The van der Waals surface area contributed by atoms with E-state index in [1.807, 2.05) is 12.2 Å². The first-order valence-electron chi connectivity index (χ1n) is 28.7. The average molecular weight is 982 g/mol. The van der Waals surface area contributed by atoms with Crippen molar-refractivity contribution in [3.8, 4) is 0 Å². The van der Waals surface area contributed by atoms with Crippen LogP contribution in [0.2, 0.25) is 0 Å². The van der Waals surface area contributed by atoms with Crippen LogP contribution in [0.4, 0.5) is 0 Å². The van der Waals surface area contributed by atoms with Crippen LogP contribution in [-0.2, 0) is 28.6 Å². The summed E-state index contributed by atoms with van der Waals surface area (Å²) in [6.07, 6.45) is 81.7. The SMILES string of the molecule is CC/C=C\C/C=C\C/C=C\C/C=C\C/C=C\C/C=C\CCC(=O)OC[C@@H](COC(=O)CCCCCCCCC/C=C\CCCCCCCC)OC(=O)CCC/C=C\C/C=C\C/C=C\C/C=C\CCCCC. The Morgan fingerprint density at radius 3 is 1.03 bits per heavy atom. The van der Waals surface area contributed by atoms with Gasteiger partial charge in [0.1, 0.15) is 13.2 Å². The third-order valence-corrected chi connectivity index (χ3v) is 11.6. The smallest absolute Gasteiger partial charge is 0.306 e. The molecule has 0 saturated heterocycles. The van der Waals surface area contributed by atoms with Crippen molar-refractivity contribution in [2.24, 2.45) is 0 Å². The van der Waals surface area contributed by atoms with Crippen molar-refractivity contribution in [2.45, 2.75) is 245 Å². The van der Waals surface area contributed by atoms with Gasteiger partial charge in [-0.05, 0) is 122 Å². The summed E-state index contributed by atoms with van der Waals surface area (Å²) in [6.45, 7) is 6.37. The fourth-order valence-corrected chi connectivity index (χ4v) is 7.34. The number of allylic oxidation sites excluding steroid dienone is 22. The number of rotatable bonds is 50. The summed E-state index contributed by atoms with van der Waals surface area (Å²) in [5.74, 6) is -1.08. The summed E-state index contributed by atoms with van der Waals surface area (Å²) in [7, 11) is 0. The standard InChI is InChI=1S/C65H104O6/c1-4-7-10-13-16-19-22-25-28-31-32-35-37-40-43-46-49-52-55-58-64(67)70-61-62(71-65(68)59-56-53-50-47-44-41-38-34-30-27-24-21-18-15-12-9-6-3)60-69-63(66)57-54-51-48-45-42-39-36-33-29-26-23-20-17-14-11-8-5-2/h7,10,16,18-19,21,25-30,32,35,38,40-41,43,47,49-50,52,62H,4-6,8-9,11-15,17,20,22-24,31,33-34,36-37,39,42,44-46,48,51,53-61H2,1-3H3/b10-7-,19-16-,21-18-,28-25-,29-26-,30-27-,35-32-,41-38-,43-40-,50-47-,52-49-/t62-/m1/s1. The molecule has 0 aliphatic rings. The second kappa shape index (κ2) is 58.1. The van der Waals surface area contributed by atoms with E-state index in [1.54, 1.807) is 0 Å². The van der Waals surface area contributed by atoms with Crippen LogP contribution in [0.25, 0.3) is 0 Å². The van der Waals surface area contributed by atoms with Gasteiger partial charge in [-0.25, -0.2) is 0 Å². The average Bonchev–Trinajstić information content (AvgIpc) is 3.37. The monoisotopic (exact) mass is 981 g/mol. The summed E-state index contributed by atoms with van der Waals surface area (Å²) in [5, 5.41) is 0. The van der Waals surface area contributed by atoms with E-state index in [-0.39, 0.29) is 44.0 Å². The molecule has 0 aromatic rings. The lowest BCUT2D eigenvalue weighted by molar-refractivity contribution is -0.166. The molecule has 0 aromatic carbocycles. The molecule has 0 N–H and O–H groups in total. The molecule has 0 fully saturated rings. The lowest BCUT2D eigenvalue weighted by Crippen LogP contribution is -2.30. The molecular formula is C65H104O6. The number of unbranched alkanes of at least 4 members (excludes halogenated alkanes) is 17. The summed E-state index contributed by atoms with van der Waals surface area (Å²) < 4.78 is 16.7. The molecule has 71 heavy (non-hydrogen) atoms. The molecule has 1 atom stereocenters. The van der Waals surface area contributed by atoms with Gasteiger partial charge in [-0.2, -0.15) is 0 Å². The minimum absolute atomic E-state index is 0.129. The molecule has 0 aliphatic carbocycles. The number of carbonyl (C=O) groups excluding carboxylic acids is 3. The van der Waals surface area contributed by atoms with E-state index in [9.17, 15) is 14.4 Å². The van der Waals surface area contributed by atoms with Crippen LogP contribution in [0.15, 0.2) is 134 Å². The first-order valence-corrected chi connectivity index (χ1v) is 28.7. The van der Waals surface area contributed by atoms with E-state index in [1.165, 1.54) is 103 Å². The zero-order valence-corrected chi connectivity index (χ0v) is 45.7. The Morgan fingerprint density at radius 2 is 0.592 bits per heavy atom. The highest BCUT2D eigenvalue weighted by molar-refractivity contribution is 5.71. The molecule has 0 saturated carbocycles. The van der Waals surface area contributed by atoms with Crippen molar-refractivity contribution >= 4 is 17.9 Å². The third-order valence-electron chi connectivity index (χ3n) is 11.6. The van der Waals surface area contributed by atoms with E-state index in [4.69, 9.17) is 14.2 Å². The Bertz CT molecular complexity index is 1550. The molecule has 0 spiro atoms. The molecule has 0 heterocycles. The van der Waals surface area contributed by atoms with Crippen molar-refractivity contribution < 1.29 is 28.6 Å². The largest absolute Gasteiger partial charge is 0.462 e. The number of carbonyl (C=O) groups is 3. The molecule has 0 bridgehead atoms. The predicted octanol–water partition coefficient (Wildman–Crippen LogP) is 19.4. The Kier molecular flexibility index (Phi) is 54.5. The maximum Gasteiger partial charge on any atom is 0.306 e. The molecule has 0 radical (unpaired) electrons. The second-order valence-corrected chi connectivity index (χ2v) is 18.5. The van der Waals surface area contributed by atoms with Gasteiger partial charge in [0, 0.05) is 19.3 Å². The number of esters is 3. The molecule has 6 nitrogen and oxygen atoms in total. The fraction of sp³-hybridized carbons (Fsp3) is 0.615. The highest BCUT2D eigenvalue weighted by atomic mass is 16.6. The molecule has 0 unspecified atom stereocenters. The quantitative estimate of drug-likeness (QED) is 0.0262. The van der Waals surface area contributed by atoms with Crippen LogP contribution >= 0.6 is 0 Å². The minimum atomic E-state index is -0.844. The van der Waals surface area contributed by atoms with Gasteiger partial charge in [0.15, 0.2) is 6.10 Å². The van der Waals surface area contributed by atoms with E-state index in [0.717, 1.165) is 83.5 Å². The van der Waals surface area contributed by atoms with E-state index >= 15 is 0 Å². The normalized spacial score (nSPS) is 13.1. The summed E-state index contributed by atoms with van der Waals surface area (Å²) in [6, 6.07) is 0. The van der Waals surface area contributed by atoms with Gasteiger partial charge in [-0.15, -0.1) is 0 Å². The molecule has 6 heteroatoms. The van der Waals surface area contributed by atoms with Gasteiger partial charge in [-0.1, -0.05) is 231 Å². The maximum absolute atomic E-state index is 12.8. The maximum atomic E-state index is 12.8. The number of hydrogen-bond donors (Lipinski definition) is 0. The molecule has 0 amide bonds. The Morgan fingerprint density at radius 1 is 0.296 bits per heavy atom. The number of ether oxygens (including phenoxy) is 3. The topological polar surface area (TPSA) is 78.9 Å². The van der Waals surface area contributed by atoms with Crippen molar-refractivity contribution in [1.29, 1.82) is 0 Å². The minimum Gasteiger partial charge on any atom is -0.462 e. The summed E-state index contributed by atoms with van der Waals surface area (Å²) >= 11 is 0. The zero-order valence-electron chi connectivity index (χ0n) is 45.7. The van der Waals surface area contributed by atoms with E-state index in [2.05, 4.69) is 142 Å². The fourth-order valence-electron chi connectivity index (χ4n) is 7.34. The predicted molar refractivity (Wildman–Crippen MR) is 306 cm³/mol. The molecule has 0 aliphatic heterocycles. The van der Waals surface area contributed by atoms with Gasteiger partial charge in [0.05, 0.1) is 0 Å². The zero-order chi connectivity index (χ0) is 51.4. The summed E-state index contributed by atoms with van der Waals surface area (Å²) in [5.41, 5.74) is 0. The Labute approximate surface area is 436 Å². The van der Waals surface area contributed by atoms with E-state index < -0.39 is 6.10 Å². The van der Waals surface area contributed by atoms with Crippen LogP contribution in [-0.4, -0.2) is 37.2 Å². The lowest BCUT2D eigenvalue weighted by atomic mass is 10.1. The van der Waals surface area contributed by atoms with Crippen molar-refractivity contribution in [3.05, 3.63) is 134 Å². The van der Waals surface area contributed by atoms with Crippen LogP contribution < -0.4 is 0 Å². The van der Waals surface area contributed by atoms with Crippen LogP contribution in [0, 0.1) is 0 Å². The van der Waals surface area contributed by atoms with Crippen molar-refractivity contribution in [2.75, 3.05) is 13.2 Å². The summed E-state index contributed by atoms with van der Waals surface area (Å²) in [4.78, 5) is 38.1. The van der Waals surface area contributed by atoms with Crippen LogP contribution in [0.5, 0.6) is 0 Å². The van der Waals surface area contributed by atoms with Gasteiger partial charge >= 0.3 is 17.9 Å². The van der Waals surface area contributed by atoms with Gasteiger partial charge in [0.2, 0.25) is 0 Å². The van der Waals surface area contributed by atoms with Crippen LogP contribution in [0.3, 0.4) is 0 Å². The Hall–Kier alpha value is -4.45. The first kappa shape index (κ1) is 66.6. The van der Waals surface area contributed by atoms with Crippen molar-refractivity contribution in [1.82, 2.24) is 0 Å². The first-order chi connectivity index (χ1) is 35.0. The van der Waals surface area contributed by atoms with E-state index in [0.29, 0.717) is 19.3 Å². The van der Waals surface area contributed by atoms with Crippen molar-refractivity contribution in [3.63, 3.8) is 0 Å². The second-order valence-electron chi connectivity index (χ2n) is 18.5. The molecular weight excluding hydrogens is 877 g/mol. The van der Waals surface area contributed by atoms with Gasteiger partial charge in [-0.3, -0.25) is 14.4 Å². The third kappa shape index (κ3) is 56.3. The highest BCUT2D eigenvalue weighted by Crippen LogP contribution is 2.13. The van der Waals surface area contributed by atoms with Gasteiger partial charge in [0.25, 0.3) is 0 Å². The highest BCUT2D eigenvalue weighted by Gasteiger charge is 2.19. The molecule has 0 aromatic heterocycles. The number of hydrogen-bond acceptors (Lipinski definition) is 6. The lowest BCUT2D eigenvalue weighted by Gasteiger charge is -2.18.